The summed E-state index contributed by atoms with van der Waals surface area (Å²) in [6.45, 7) is 4.16. The number of carbonyl (C=O) groups is 1. The average molecular weight is 267 g/mol. The summed E-state index contributed by atoms with van der Waals surface area (Å²) in [7, 11) is 0. The van der Waals surface area contributed by atoms with Crippen LogP contribution in [0.3, 0.4) is 0 Å². The quantitative estimate of drug-likeness (QED) is 0.883. The smallest absolute Gasteiger partial charge is 0.243 e. The molecule has 1 saturated carbocycles. The summed E-state index contributed by atoms with van der Waals surface area (Å²) >= 11 is 6.15. The van der Waals surface area contributed by atoms with E-state index in [1.807, 2.05) is 18.2 Å². The Labute approximate surface area is 113 Å². The molecule has 1 aliphatic rings. The van der Waals surface area contributed by atoms with Crippen LogP contribution in [-0.4, -0.2) is 11.4 Å². The highest BCUT2D eigenvalue weighted by Crippen LogP contribution is 2.48. The maximum atomic E-state index is 12.0. The van der Waals surface area contributed by atoms with Gasteiger partial charge in [-0.15, -0.1) is 0 Å². The molecule has 1 aliphatic carbocycles. The van der Waals surface area contributed by atoms with Crippen molar-refractivity contribution in [2.24, 2.45) is 11.1 Å². The van der Waals surface area contributed by atoms with E-state index >= 15 is 0 Å². The molecule has 0 aliphatic heterocycles. The molecule has 1 unspecified atom stereocenters. The summed E-state index contributed by atoms with van der Waals surface area (Å²) < 4.78 is 0. The van der Waals surface area contributed by atoms with Crippen LogP contribution in [0.25, 0.3) is 0 Å². The van der Waals surface area contributed by atoms with Crippen LogP contribution in [0, 0.1) is 5.41 Å². The maximum absolute atomic E-state index is 12.0. The molecule has 3 nitrogen and oxygen atoms in total. The van der Waals surface area contributed by atoms with Gasteiger partial charge in [-0.3, -0.25) is 4.79 Å². The molecular formula is C14H19ClN2O. The summed E-state index contributed by atoms with van der Waals surface area (Å²) in [5, 5.41) is 3.92. The molecule has 1 amide bonds. The molecule has 4 heteroatoms. The third-order valence-electron chi connectivity index (χ3n) is 4.15. The Morgan fingerprint density at radius 3 is 2.50 bits per heavy atom. The molecule has 0 spiro atoms. The summed E-state index contributed by atoms with van der Waals surface area (Å²) in [5.74, 6) is -0.301. The summed E-state index contributed by atoms with van der Waals surface area (Å²) in [6, 6.07) is 7.44. The molecule has 18 heavy (non-hydrogen) atoms. The number of benzene rings is 1. The first-order chi connectivity index (χ1) is 8.39. The standard InChI is InChI=1S/C14H19ClN2O/c1-13(2)8-5-9-14(13,12(16)18)17-11-7-4-3-6-10(11)15/h3-4,6-7,17H,5,8-9H2,1-2H3,(H2,16,18). The normalized spacial score (nSPS) is 25.9. The van der Waals surface area contributed by atoms with Crippen molar-refractivity contribution in [2.45, 2.75) is 38.6 Å². The predicted molar refractivity (Wildman–Crippen MR) is 74.6 cm³/mol. The lowest BCUT2D eigenvalue weighted by Crippen LogP contribution is -2.57. The first-order valence-electron chi connectivity index (χ1n) is 6.22. The molecule has 1 atom stereocenters. The van der Waals surface area contributed by atoms with Crippen molar-refractivity contribution >= 4 is 23.2 Å². The minimum absolute atomic E-state index is 0.169. The maximum Gasteiger partial charge on any atom is 0.243 e. The van der Waals surface area contributed by atoms with Gasteiger partial charge in [-0.1, -0.05) is 37.6 Å². The number of anilines is 1. The molecule has 98 valence electrons. The van der Waals surface area contributed by atoms with E-state index in [2.05, 4.69) is 19.2 Å². The minimum Gasteiger partial charge on any atom is -0.370 e. The van der Waals surface area contributed by atoms with Gasteiger partial charge in [0.2, 0.25) is 5.91 Å². The summed E-state index contributed by atoms with van der Waals surface area (Å²) in [4.78, 5) is 12.0. The van der Waals surface area contributed by atoms with E-state index in [0.29, 0.717) is 5.02 Å². The lowest BCUT2D eigenvalue weighted by Gasteiger charge is -2.40. The van der Waals surface area contributed by atoms with Crippen LogP contribution in [0.2, 0.25) is 5.02 Å². The van der Waals surface area contributed by atoms with Gasteiger partial charge in [-0.25, -0.2) is 0 Å². The zero-order chi connectivity index (χ0) is 13.4. The van der Waals surface area contributed by atoms with Gasteiger partial charge in [-0.2, -0.15) is 0 Å². The highest BCUT2D eigenvalue weighted by atomic mass is 35.5. The van der Waals surface area contributed by atoms with E-state index < -0.39 is 5.54 Å². The molecular weight excluding hydrogens is 248 g/mol. The molecule has 0 aromatic heterocycles. The van der Waals surface area contributed by atoms with Gasteiger partial charge in [0, 0.05) is 0 Å². The van der Waals surface area contributed by atoms with Crippen LogP contribution in [-0.2, 0) is 4.79 Å². The van der Waals surface area contributed by atoms with Crippen LogP contribution < -0.4 is 11.1 Å². The first kappa shape index (κ1) is 13.2. The van der Waals surface area contributed by atoms with Crippen LogP contribution in [0.1, 0.15) is 33.1 Å². The Bertz CT molecular complexity index is 473. The number of nitrogens with one attached hydrogen (secondary N) is 1. The Morgan fingerprint density at radius 1 is 1.33 bits per heavy atom. The number of halogens is 1. The lowest BCUT2D eigenvalue weighted by atomic mass is 9.74. The number of hydrogen-bond acceptors (Lipinski definition) is 2. The number of carbonyl (C=O) groups excluding carboxylic acids is 1. The van der Waals surface area contributed by atoms with Gasteiger partial charge in [0.05, 0.1) is 10.7 Å². The number of rotatable bonds is 3. The highest BCUT2D eigenvalue weighted by molar-refractivity contribution is 6.33. The van der Waals surface area contributed by atoms with Crippen molar-refractivity contribution in [1.82, 2.24) is 0 Å². The second-order valence-electron chi connectivity index (χ2n) is 5.61. The van der Waals surface area contributed by atoms with Gasteiger partial charge < -0.3 is 11.1 Å². The predicted octanol–water partition coefficient (Wildman–Crippen LogP) is 3.19. The molecule has 1 aromatic rings. The van der Waals surface area contributed by atoms with Crippen molar-refractivity contribution in [3.05, 3.63) is 29.3 Å². The second kappa shape index (κ2) is 4.47. The third-order valence-corrected chi connectivity index (χ3v) is 4.48. The Kier molecular flexibility index (Phi) is 3.28. The molecule has 0 bridgehead atoms. The van der Waals surface area contributed by atoms with Gasteiger partial charge in [0.25, 0.3) is 0 Å². The third kappa shape index (κ3) is 1.97. The van der Waals surface area contributed by atoms with E-state index in [-0.39, 0.29) is 11.3 Å². The van der Waals surface area contributed by atoms with Crippen LogP contribution in [0.15, 0.2) is 24.3 Å². The molecule has 0 radical (unpaired) electrons. The second-order valence-corrected chi connectivity index (χ2v) is 6.02. The number of hydrogen-bond donors (Lipinski definition) is 2. The van der Waals surface area contributed by atoms with Crippen molar-refractivity contribution < 1.29 is 4.79 Å². The van der Waals surface area contributed by atoms with E-state index in [1.54, 1.807) is 6.07 Å². The van der Waals surface area contributed by atoms with Crippen LogP contribution >= 0.6 is 11.6 Å². The average Bonchev–Trinajstić information content (AvgIpc) is 2.58. The first-order valence-corrected chi connectivity index (χ1v) is 6.59. The molecule has 2 rings (SSSR count). The molecule has 1 aromatic carbocycles. The number of primary amides is 1. The van der Waals surface area contributed by atoms with Crippen molar-refractivity contribution in [2.75, 3.05) is 5.32 Å². The molecule has 1 fully saturated rings. The minimum atomic E-state index is -0.710. The molecule has 3 N–H and O–H groups in total. The molecule has 0 saturated heterocycles. The fourth-order valence-corrected chi connectivity index (χ4v) is 3.07. The van der Waals surface area contributed by atoms with Gasteiger partial charge in [-0.05, 0) is 36.8 Å². The van der Waals surface area contributed by atoms with E-state index in [0.717, 1.165) is 24.9 Å². The van der Waals surface area contributed by atoms with E-state index in [9.17, 15) is 4.79 Å². The lowest BCUT2D eigenvalue weighted by molar-refractivity contribution is -0.125. The van der Waals surface area contributed by atoms with Crippen molar-refractivity contribution in [3.63, 3.8) is 0 Å². The van der Waals surface area contributed by atoms with Crippen LogP contribution in [0.5, 0.6) is 0 Å². The SMILES string of the molecule is CC1(C)CCCC1(Nc1ccccc1Cl)C(N)=O. The van der Waals surface area contributed by atoms with Gasteiger partial charge in [0.1, 0.15) is 5.54 Å². The topological polar surface area (TPSA) is 55.1 Å². The Balaban J connectivity index is 2.40. The fourth-order valence-electron chi connectivity index (χ4n) is 2.89. The van der Waals surface area contributed by atoms with Gasteiger partial charge in [0.15, 0.2) is 0 Å². The zero-order valence-electron chi connectivity index (χ0n) is 10.8. The molecule has 0 heterocycles. The Morgan fingerprint density at radius 2 is 2.00 bits per heavy atom. The zero-order valence-corrected chi connectivity index (χ0v) is 11.6. The fraction of sp³-hybridized carbons (Fsp3) is 0.500. The largest absolute Gasteiger partial charge is 0.370 e. The van der Waals surface area contributed by atoms with Crippen molar-refractivity contribution in [1.29, 1.82) is 0 Å². The number of amides is 1. The monoisotopic (exact) mass is 266 g/mol. The summed E-state index contributed by atoms with van der Waals surface area (Å²) in [6.07, 6.45) is 2.72. The Hall–Kier alpha value is -1.22. The highest BCUT2D eigenvalue weighted by Gasteiger charge is 2.53. The summed E-state index contributed by atoms with van der Waals surface area (Å²) in [5.41, 5.74) is 5.55. The number of para-hydroxylation sites is 1. The van der Waals surface area contributed by atoms with Crippen LogP contribution in [0.4, 0.5) is 5.69 Å². The van der Waals surface area contributed by atoms with Crippen molar-refractivity contribution in [3.8, 4) is 0 Å². The van der Waals surface area contributed by atoms with E-state index in [1.165, 1.54) is 0 Å². The van der Waals surface area contributed by atoms with Gasteiger partial charge >= 0.3 is 0 Å². The van der Waals surface area contributed by atoms with E-state index in [4.69, 9.17) is 17.3 Å². The number of nitrogens with two attached hydrogens (primary N) is 1.